The highest BCUT2D eigenvalue weighted by molar-refractivity contribution is 7.09. The third-order valence-electron chi connectivity index (χ3n) is 2.97. The fraction of sp³-hybridized carbons (Fsp3) is 0.389. The lowest BCUT2D eigenvalue weighted by Gasteiger charge is -2.20. The first-order valence-electron chi connectivity index (χ1n) is 7.85. The van der Waals surface area contributed by atoms with Gasteiger partial charge in [0.2, 0.25) is 0 Å². The van der Waals surface area contributed by atoms with Gasteiger partial charge in [0.1, 0.15) is 12.4 Å². The minimum absolute atomic E-state index is 0.320. The maximum Gasteiger partial charge on any atom is 0.338 e. The van der Waals surface area contributed by atoms with E-state index in [0.29, 0.717) is 17.9 Å². The molecular formula is C18H22N2O4S. The first kappa shape index (κ1) is 18.9. The summed E-state index contributed by atoms with van der Waals surface area (Å²) in [5, 5.41) is 5.64. The van der Waals surface area contributed by atoms with Crippen LogP contribution in [0.25, 0.3) is 0 Å². The molecule has 0 aliphatic rings. The summed E-state index contributed by atoms with van der Waals surface area (Å²) in [6.45, 7) is 7.52. The first-order chi connectivity index (χ1) is 11.7. The Bertz CT molecular complexity index is 750. The highest BCUT2D eigenvalue weighted by Gasteiger charge is 2.16. The van der Waals surface area contributed by atoms with Crippen LogP contribution in [0.4, 0.5) is 0 Å². The number of carbonyl (C=O) groups excluding carboxylic acids is 2. The van der Waals surface area contributed by atoms with E-state index < -0.39 is 5.97 Å². The van der Waals surface area contributed by atoms with E-state index >= 15 is 0 Å². The molecule has 25 heavy (non-hydrogen) atoms. The maximum atomic E-state index is 12.1. The summed E-state index contributed by atoms with van der Waals surface area (Å²) in [6, 6.07) is 6.66. The van der Waals surface area contributed by atoms with E-state index in [2.05, 4.69) is 10.3 Å². The van der Waals surface area contributed by atoms with Crippen molar-refractivity contribution in [2.24, 2.45) is 0 Å². The molecule has 0 fully saturated rings. The Balaban J connectivity index is 1.89. The van der Waals surface area contributed by atoms with Crippen molar-refractivity contribution in [2.45, 2.75) is 39.8 Å². The van der Waals surface area contributed by atoms with Crippen molar-refractivity contribution >= 4 is 23.2 Å². The third-order valence-corrected chi connectivity index (χ3v) is 3.79. The number of nitrogens with one attached hydrogen (secondary N) is 1. The number of rotatable bonds is 6. The van der Waals surface area contributed by atoms with E-state index in [0.717, 1.165) is 10.7 Å². The largest absolute Gasteiger partial charge is 0.487 e. The van der Waals surface area contributed by atoms with Crippen molar-refractivity contribution in [1.82, 2.24) is 10.3 Å². The number of esters is 1. The van der Waals surface area contributed by atoms with Gasteiger partial charge in [-0.15, -0.1) is 11.3 Å². The van der Waals surface area contributed by atoms with Crippen LogP contribution in [0.2, 0.25) is 0 Å². The molecule has 0 aliphatic carbocycles. The molecule has 2 aromatic rings. The van der Waals surface area contributed by atoms with Crippen LogP contribution in [0.3, 0.4) is 0 Å². The lowest BCUT2D eigenvalue weighted by atomic mass is 10.1. The Morgan fingerprint density at radius 3 is 2.68 bits per heavy atom. The van der Waals surface area contributed by atoms with E-state index in [1.165, 1.54) is 0 Å². The van der Waals surface area contributed by atoms with Crippen molar-refractivity contribution in [3.8, 4) is 5.75 Å². The summed E-state index contributed by atoms with van der Waals surface area (Å²) in [6.07, 6.45) is 0. The summed E-state index contributed by atoms with van der Waals surface area (Å²) in [5.41, 5.74) is 0.801. The van der Waals surface area contributed by atoms with Crippen LogP contribution in [-0.2, 0) is 16.1 Å². The Labute approximate surface area is 151 Å². The topological polar surface area (TPSA) is 77.5 Å². The molecule has 0 unspecified atom stereocenters. The maximum absolute atomic E-state index is 12.1. The standard InChI is InChI=1S/C18H22N2O4S/c1-12-19-14(11-25-12)9-23-15-7-5-6-13(8-15)17(22)24-10-16(21)20-18(2,3)4/h5-8,11H,9-10H2,1-4H3,(H,20,21). The average molecular weight is 362 g/mol. The average Bonchev–Trinajstić information content (AvgIpc) is 2.95. The van der Waals surface area contributed by atoms with Gasteiger partial charge in [-0.2, -0.15) is 0 Å². The van der Waals surface area contributed by atoms with Crippen molar-refractivity contribution in [3.05, 3.63) is 45.9 Å². The van der Waals surface area contributed by atoms with Crippen LogP contribution in [0.1, 0.15) is 41.8 Å². The van der Waals surface area contributed by atoms with Crippen molar-refractivity contribution in [1.29, 1.82) is 0 Å². The normalized spacial score (nSPS) is 11.0. The Kier molecular flexibility index (Phi) is 6.14. The molecule has 1 N–H and O–H groups in total. The SMILES string of the molecule is Cc1nc(COc2cccc(C(=O)OCC(=O)NC(C)(C)C)c2)cs1. The van der Waals surface area contributed by atoms with Gasteiger partial charge in [-0.1, -0.05) is 6.07 Å². The van der Waals surface area contributed by atoms with Crippen LogP contribution in [0, 0.1) is 6.92 Å². The number of ether oxygens (including phenoxy) is 2. The third kappa shape index (κ3) is 6.54. The number of hydrogen-bond donors (Lipinski definition) is 1. The van der Waals surface area contributed by atoms with Gasteiger partial charge in [0, 0.05) is 10.9 Å². The van der Waals surface area contributed by atoms with Crippen molar-refractivity contribution in [3.63, 3.8) is 0 Å². The number of carbonyl (C=O) groups is 2. The van der Waals surface area contributed by atoms with E-state index in [9.17, 15) is 9.59 Å². The fourth-order valence-electron chi connectivity index (χ4n) is 2.01. The summed E-state index contributed by atoms with van der Waals surface area (Å²) in [5.74, 6) is -0.370. The van der Waals surface area contributed by atoms with E-state index in [-0.39, 0.29) is 18.1 Å². The number of aryl methyl sites for hydroxylation is 1. The molecule has 0 bridgehead atoms. The minimum atomic E-state index is -0.570. The Morgan fingerprint density at radius 2 is 2.04 bits per heavy atom. The number of benzene rings is 1. The van der Waals surface area contributed by atoms with Crippen LogP contribution < -0.4 is 10.1 Å². The molecule has 1 heterocycles. The smallest absolute Gasteiger partial charge is 0.338 e. The van der Waals surface area contributed by atoms with Gasteiger partial charge >= 0.3 is 5.97 Å². The zero-order valence-corrected chi connectivity index (χ0v) is 15.6. The minimum Gasteiger partial charge on any atom is -0.487 e. The summed E-state index contributed by atoms with van der Waals surface area (Å²) in [7, 11) is 0. The summed E-state index contributed by atoms with van der Waals surface area (Å²) >= 11 is 1.56. The van der Waals surface area contributed by atoms with Crippen LogP contribution in [0.5, 0.6) is 5.75 Å². The second-order valence-corrected chi connectivity index (χ2v) is 7.61. The molecule has 0 spiro atoms. The highest BCUT2D eigenvalue weighted by Crippen LogP contribution is 2.17. The molecule has 0 atom stereocenters. The van der Waals surface area contributed by atoms with Gasteiger partial charge in [-0.25, -0.2) is 9.78 Å². The zero-order valence-electron chi connectivity index (χ0n) is 14.8. The second-order valence-electron chi connectivity index (χ2n) is 6.55. The molecule has 0 saturated carbocycles. The summed E-state index contributed by atoms with van der Waals surface area (Å²) in [4.78, 5) is 28.1. The highest BCUT2D eigenvalue weighted by atomic mass is 32.1. The molecule has 2 rings (SSSR count). The monoisotopic (exact) mass is 362 g/mol. The lowest BCUT2D eigenvalue weighted by molar-refractivity contribution is -0.125. The molecule has 1 amide bonds. The van der Waals surface area contributed by atoms with Crippen LogP contribution in [0.15, 0.2) is 29.6 Å². The molecule has 0 radical (unpaired) electrons. The van der Waals surface area contributed by atoms with Gasteiger partial charge < -0.3 is 14.8 Å². The zero-order chi connectivity index (χ0) is 18.4. The molecule has 0 aliphatic heterocycles. The lowest BCUT2D eigenvalue weighted by Crippen LogP contribution is -2.42. The van der Waals surface area contributed by atoms with Crippen molar-refractivity contribution < 1.29 is 19.1 Å². The number of nitrogens with zero attached hydrogens (tertiary/aromatic N) is 1. The predicted octanol–water partition coefficient (Wildman–Crippen LogP) is 3.10. The van der Waals surface area contributed by atoms with Crippen LogP contribution in [-0.4, -0.2) is 29.0 Å². The number of thiazole rings is 1. The molecule has 7 heteroatoms. The van der Waals surface area contributed by atoms with E-state index in [4.69, 9.17) is 9.47 Å². The Hall–Kier alpha value is -2.41. The number of aromatic nitrogens is 1. The fourth-order valence-corrected chi connectivity index (χ4v) is 2.61. The molecule has 134 valence electrons. The summed E-state index contributed by atoms with van der Waals surface area (Å²) < 4.78 is 10.7. The predicted molar refractivity (Wildman–Crippen MR) is 95.8 cm³/mol. The molecule has 0 saturated heterocycles. The van der Waals surface area contributed by atoms with E-state index in [1.54, 1.807) is 35.6 Å². The quantitative estimate of drug-likeness (QED) is 0.799. The van der Waals surface area contributed by atoms with Crippen LogP contribution >= 0.6 is 11.3 Å². The number of amides is 1. The first-order valence-corrected chi connectivity index (χ1v) is 8.73. The second kappa shape index (κ2) is 8.11. The van der Waals surface area contributed by atoms with E-state index in [1.807, 2.05) is 33.1 Å². The van der Waals surface area contributed by atoms with Gasteiger partial charge in [0.15, 0.2) is 6.61 Å². The van der Waals surface area contributed by atoms with Gasteiger partial charge in [-0.3, -0.25) is 4.79 Å². The van der Waals surface area contributed by atoms with Crippen molar-refractivity contribution in [2.75, 3.05) is 6.61 Å². The molecular weight excluding hydrogens is 340 g/mol. The molecule has 1 aromatic heterocycles. The molecule has 6 nitrogen and oxygen atoms in total. The van der Waals surface area contributed by atoms with Gasteiger partial charge in [0.25, 0.3) is 5.91 Å². The van der Waals surface area contributed by atoms with Gasteiger partial charge in [0.05, 0.1) is 16.3 Å². The molecule has 1 aromatic carbocycles. The Morgan fingerprint density at radius 1 is 1.28 bits per heavy atom. The number of hydrogen-bond acceptors (Lipinski definition) is 6. The van der Waals surface area contributed by atoms with Gasteiger partial charge in [-0.05, 0) is 45.9 Å².